The lowest BCUT2D eigenvalue weighted by Gasteiger charge is -2.23. The van der Waals surface area contributed by atoms with E-state index in [4.69, 9.17) is 4.74 Å². The van der Waals surface area contributed by atoms with Crippen LogP contribution in [0, 0.1) is 11.2 Å². The van der Waals surface area contributed by atoms with Crippen LogP contribution in [0.25, 0.3) is 11.1 Å². The fraction of sp³-hybridized carbons (Fsp3) is 0.480. The number of unbranched alkanes of at least 4 members (excludes halogenated alkanes) is 2. The quantitative estimate of drug-likeness (QED) is 0.489. The van der Waals surface area contributed by atoms with E-state index in [1.807, 2.05) is 13.1 Å². The van der Waals surface area contributed by atoms with Crippen LogP contribution in [-0.4, -0.2) is 36.1 Å². The second-order valence-electron chi connectivity index (χ2n) is 8.79. The third-order valence-corrected chi connectivity index (χ3v) is 5.95. The molecule has 0 spiro atoms. The van der Waals surface area contributed by atoms with Crippen molar-refractivity contribution in [2.45, 2.75) is 52.9 Å². The van der Waals surface area contributed by atoms with Crippen LogP contribution in [0.2, 0.25) is 0 Å². The molecule has 3 rings (SSSR count). The van der Waals surface area contributed by atoms with Gasteiger partial charge in [-0.05, 0) is 48.6 Å². The van der Waals surface area contributed by atoms with Gasteiger partial charge in [0.1, 0.15) is 17.3 Å². The fourth-order valence-electron chi connectivity index (χ4n) is 3.87. The van der Waals surface area contributed by atoms with Gasteiger partial charge in [-0.15, -0.1) is 0 Å². The van der Waals surface area contributed by atoms with Gasteiger partial charge in [-0.2, -0.15) is 5.10 Å². The zero-order valence-electron chi connectivity index (χ0n) is 19.0. The second-order valence-corrected chi connectivity index (χ2v) is 8.79. The number of halogens is 1. The molecule has 0 atom stereocenters. The molecule has 1 aliphatic rings. The van der Waals surface area contributed by atoms with Crippen molar-refractivity contribution in [2.24, 2.45) is 10.5 Å². The Bertz CT molecular complexity index is 910. The first-order chi connectivity index (χ1) is 14.8. The maximum atomic E-state index is 13.2. The number of ether oxygens (including phenoxy) is 1. The number of phenols is 1. The first kappa shape index (κ1) is 23.1. The van der Waals surface area contributed by atoms with Crippen molar-refractivity contribution in [2.75, 3.05) is 20.2 Å². The molecule has 1 aliphatic heterocycles. The molecular weight excluding hydrogens is 393 g/mol. The Hall–Kier alpha value is -2.60. The molecule has 2 N–H and O–H groups in total. The number of hydrogen-bond acceptors (Lipinski definition) is 5. The van der Waals surface area contributed by atoms with E-state index < -0.39 is 0 Å². The van der Waals surface area contributed by atoms with Crippen LogP contribution in [0.5, 0.6) is 11.5 Å². The fourth-order valence-corrected chi connectivity index (χ4v) is 3.87. The van der Waals surface area contributed by atoms with Crippen molar-refractivity contribution in [3.63, 3.8) is 0 Å². The van der Waals surface area contributed by atoms with Gasteiger partial charge in [-0.3, -0.25) is 0 Å². The molecule has 0 fully saturated rings. The van der Waals surface area contributed by atoms with Gasteiger partial charge in [0.25, 0.3) is 0 Å². The molecular formula is C25H34FN3O2. The highest BCUT2D eigenvalue weighted by molar-refractivity contribution is 5.92. The number of hydrazone groups is 1. The Morgan fingerprint density at radius 1 is 1.16 bits per heavy atom. The van der Waals surface area contributed by atoms with E-state index >= 15 is 0 Å². The predicted molar refractivity (Wildman–Crippen MR) is 124 cm³/mol. The first-order valence-corrected chi connectivity index (χ1v) is 11.1. The number of aryl methyl sites for hydroxylation is 1. The summed E-state index contributed by atoms with van der Waals surface area (Å²) in [5, 5.41) is 16.8. The lowest BCUT2D eigenvalue weighted by molar-refractivity contribution is 0.289. The van der Waals surface area contributed by atoms with Crippen LogP contribution in [-0.2, 0) is 6.42 Å². The minimum absolute atomic E-state index is 0.0932. The van der Waals surface area contributed by atoms with Gasteiger partial charge in [0.15, 0.2) is 0 Å². The summed E-state index contributed by atoms with van der Waals surface area (Å²) < 4.78 is 19.2. The van der Waals surface area contributed by atoms with E-state index in [0.717, 1.165) is 55.5 Å². The number of nitrogens with one attached hydrogen (secondary N) is 1. The molecule has 2 aromatic carbocycles. The molecule has 0 radical (unpaired) electrons. The molecule has 5 nitrogen and oxygen atoms in total. The summed E-state index contributed by atoms with van der Waals surface area (Å²) in [6.45, 7) is 8.01. The van der Waals surface area contributed by atoms with E-state index in [9.17, 15) is 9.50 Å². The third kappa shape index (κ3) is 5.97. The summed E-state index contributed by atoms with van der Waals surface area (Å²) in [4.78, 5) is 0. The van der Waals surface area contributed by atoms with Crippen LogP contribution in [0.1, 0.15) is 52.0 Å². The molecule has 2 aromatic rings. The number of phenolic OH excluding ortho intramolecular Hbond substituents is 1. The minimum Gasteiger partial charge on any atom is -0.507 e. The van der Waals surface area contributed by atoms with Gasteiger partial charge in [-0.1, -0.05) is 45.7 Å². The van der Waals surface area contributed by atoms with Gasteiger partial charge in [0.2, 0.25) is 0 Å². The molecule has 0 saturated carbocycles. The van der Waals surface area contributed by atoms with E-state index in [1.54, 1.807) is 23.3 Å². The summed E-state index contributed by atoms with van der Waals surface area (Å²) in [6.07, 6.45) is 5.05. The lowest BCUT2D eigenvalue weighted by atomic mass is 9.82. The summed E-state index contributed by atoms with van der Waals surface area (Å²) in [5.41, 5.74) is 7.03. The Kier molecular flexibility index (Phi) is 7.55. The Morgan fingerprint density at radius 2 is 1.90 bits per heavy atom. The van der Waals surface area contributed by atoms with Crippen molar-refractivity contribution < 1.29 is 14.2 Å². The van der Waals surface area contributed by atoms with Gasteiger partial charge >= 0.3 is 0 Å². The molecule has 0 bridgehead atoms. The summed E-state index contributed by atoms with van der Waals surface area (Å²) >= 11 is 0. The van der Waals surface area contributed by atoms with Crippen molar-refractivity contribution >= 4 is 5.71 Å². The summed E-state index contributed by atoms with van der Waals surface area (Å²) in [5.74, 6) is 0.583. The highest BCUT2D eigenvalue weighted by Crippen LogP contribution is 2.36. The molecule has 1 heterocycles. The maximum absolute atomic E-state index is 13.2. The van der Waals surface area contributed by atoms with Crippen LogP contribution >= 0.6 is 0 Å². The van der Waals surface area contributed by atoms with E-state index in [1.165, 1.54) is 17.8 Å². The maximum Gasteiger partial charge on any atom is 0.127 e. The van der Waals surface area contributed by atoms with Crippen molar-refractivity contribution in [1.29, 1.82) is 0 Å². The number of nitrogens with zero attached hydrogens (tertiary/aromatic N) is 2. The van der Waals surface area contributed by atoms with Gasteiger partial charge in [-0.25, -0.2) is 14.9 Å². The summed E-state index contributed by atoms with van der Waals surface area (Å²) in [6, 6.07) is 9.78. The SMILES string of the molecule is CCc1cc(-c2ccc(F)cc2)c(O)cc1OCCCCCC(C)(C)C1=NN(C)NC1. The number of hydrogen-bond donors (Lipinski definition) is 2. The third-order valence-electron chi connectivity index (χ3n) is 5.95. The molecule has 0 amide bonds. The van der Waals surface area contributed by atoms with E-state index in [0.29, 0.717) is 12.2 Å². The van der Waals surface area contributed by atoms with E-state index in [2.05, 4.69) is 31.3 Å². The monoisotopic (exact) mass is 427 g/mol. The molecule has 0 unspecified atom stereocenters. The molecule has 31 heavy (non-hydrogen) atoms. The van der Waals surface area contributed by atoms with Crippen molar-refractivity contribution in [3.8, 4) is 22.6 Å². The highest BCUT2D eigenvalue weighted by atomic mass is 19.1. The lowest BCUT2D eigenvalue weighted by Crippen LogP contribution is -2.30. The summed E-state index contributed by atoms with van der Waals surface area (Å²) in [7, 11) is 1.93. The zero-order valence-corrected chi connectivity index (χ0v) is 19.0. The second kappa shape index (κ2) is 10.1. The van der Waals surface area contributed by atoms with Gasteiger partial charge in [0, 0.05) is 24.1 Å². The average Bonchev–Trinajstić information content (AvgIpc) is 3.19. The predicted octanol–water partition coefficient (Wildman–Crippen LogP) is 5.53. The Morgan fingerprint density at radius 3 is 2.55 bits per heavy atom. The molecule has 0 aromatic heterocycles. The van der Waals surface area contributed by atoms with E-state index in [-0.39, 0.29) is 17.0 Å². The van der Waals surface area contributed by atoms with Crippen molar-refractivity contribution in [1.82, 2.24) is 10.5 Å². The zero-order chi connectivity index (χ0) is 22.4. The highest BCUT2D eigenvalue weighted by Gasteiger charge is 2.28. The number of rotatable bonds is 10. The number of benzene rings is 2. The Balaban J connectivity index is 1.50. The molecule has 0 aliphatic carbocycles. The average molecular weight is 428 g/mol. The Labute approximate surface area is 184 Å². The first-order valence-electron chi connectivity index (χ1n) is 11.1. The minimum atomic E-state index is -0.289. The van der Waals surface area contributed by atoms with Crippen LogP contribution in [0.3, 0.4) is 0 Å². The normalized spacial score (nSPS) is 14.1. The van der Waals surface area contributed by atoms with Gasteiger partial charge < -0.3 is 9.84 Å². The number of aromatic hydroxyl groups is 1. The van der Waals surface area contributed by atoms with Crippen molar-refractivity contribution in [3.05, 3.63) is 47.8 Å². The standard InChI is InChI=1S/C25H34FN3O2/c1-5-18-15-21(19-9-11-20(26)12-10-19)22(30)16-23(18)31-14-8-6-7-13-25(2,3)24-17-27-29(4)28-24/h9-12,15-16,27,30H,5-8,13-14,17H2,1-4H3. The van der Waals surface area contributed by atoms with Crippen LogP contribution < -0.4 is 10.2 Å². The molecule has 0 saturated heterocycles. The van der Waals surface area contributed by atoms with Crippen LogP contribution in [0.4, 0.5) is 4.39 Å². The number of hydrazine groups is 1. The molecule has 6 heteroatoms. The smallest absolute Gasteiger partial charge is 0.127 e. The topological polar surface area (TPSA) is 57.1 Å². The molecule has 168 valence electrons. The van der Waals surface area contributed by atoms with Crippen LogP contribution in [0.15, 0.2) is 41.5 Å². The van der Waals surface area contributed by atoms with Gasteiger partial charge in [0.05, 0.1) is 18.9 Å². The largest absolute Gasteiger partial charge is 0.507 e.